The summed E-state index contributed by atoms with van der Waals surface area (Å²) in [6, 6.07) is 8.81. The van der Waals surface area contributed by atoms with Gasteiger partial charge in [0, 0.05) is 17.7 Å². The van der Waals surface area contributed by atoms with Crippen LogP contribution in [0.15, 0.2) is 36.4 Å². The summed E-state index contributed by atoms with van der Waals surface area (Å²) in [7, 11) is 1.55. The number of methoxy groups -OCH3 is 1. The largest absolute Gasteiger partial charge is 0.496 e. The number of nitrogens with zero attached hydrogens (tertiary/aromatic N) is 1. The summed E-state index contributed by atoms with van der Waals surface area (Å²) in [5, 5.41) is 13.6. The number of nitro benzene ring substituents is 1. The molecule has 0 aromatic heterocycles. The van der Waals surface area contributed by atoms with Gasteiger partial charge in [0.15, 0.2) is 0 Å². The number of nitro groups is 1. The lowest BCUT2D eigenvalue weighted by atomic mass is 10.1. The molecule has 0 bridgehead atoms. The zero-order valence-electron chi connectivity index (χ0n) is 11.9. The summed E-state index contributed by atoms with van der Waals surface area (Å²) in [4.78, 5) is 22.4. The molecule has 0 heterocycles. The quantitative estimate of drug-likeness (QED) is 0.686. The van der Waals surface area contributed by atoms with Gasteiger partial charge in [0.1, 0.15) is 5.75 Å². The zero-order chi connectivity index (χ0) is 16.3. The molecule has 0 saturated heterocycles. The van der Waals surface area contributed by atoms with Gasteiger partial charge in [-0.05, 0) is 36.8 Å². The Bertz CT molecular complexity index is 746. The first-order valence-corrected chi connectivity index (χ1v) is 6.70. The molecule has 2 rings (SSSR count). The van der Waals surface area contributed by atoms with E-state index in [0.29, 0.717) is 11.3 Å². The molecule has 2 aromatic carbocycles. The average molecular weight is 321 g/mol. The first-order valence-electron chi connectivity index (χ1n) is 6.32. The van der Waals surface area contributed by atoms with Crippen molar-refractivity contribution in [3.05, 3.63) is 62.7 Å². The number of ether oxygens (including phenoxy) is 1. The molecule has 2 aromatic rings. The van der Waals surface area contributed by atoms with Crippen molar-refractivity contribution >= 4 is 28.9 Å². The van der Waals surface area contributed by atoms with Crippen LogP contribution in [0.25, 0.3) is 0 Å². The second-order valence-electron chi connectivity index (χ2n) is 4.56. The van der Waals surface area contributed by atoms with E-state index < -0.39 is 10.8 Å². The molecule has 0 atom stereocenters. The molecule has 114 valence electrons. The third-order valence-corrected chi connectivity index (χ3v) is 3.40. The lowest BCUT2D eigenvalue weighted by Gasteiger charge is -2.09. The van der Waals surface area contributed by atoms with Crippen molar-refractivity contribution in [3.8, 4) is 5.75 Å². The highest BCUT2D eigenvalue weighted by molar-refractivity contribution is 6.34. The minimum atomic E-state index is -0.552. The number of hydrogen-bond donors (Lipinski definition) is 1. The molecule has 0 unspecified atom stereocenters. The number of aryl methyl sites for hydroxylation is 1. The van der Waals surface area contributed by atoms with Crippen molar-refractivity contribution in [2.75, 3.05) is 12.4 Å². The molecule has 0 saturated carbocycles. The van der Waals surface area contributed by atoms with Gasteiger partial charge < -0.3 is 10.1 Å². The van der Waals surface area contributed by atoms with Crippen molar-refractivity contribution in [1.82, 2.24) is 0 Å². The third-order valence-electron chi connectivity index (χ3n) is 3.07. The molecular weight excluding hydrogens is 308 g/mol. The minimum absolute atomic E-state index is 0.148. The van der Waals surface area contributed by atoms with Gasteiger partial charge in [-0.3, -0.25) is 14.9 Å². The molecule has 1 amide bonds. The highest BCUT2D eigenvalue weighted by Crippen LogP contribution is 2.27. The van der Waals surface area contributed by atoms with Gasteiger partial charge in [-0.25, -0.2) is 0 Å². The molecule has 22 heavy (non-hydrogen) atoms. The Morgan fingerprint density at radius 2 is 2.00 bits per heavy atom. The van der Waals surface area contributed by atoms with Gasteiger partial charge in [-0.1, -0.05) is 11.6 Å². The number of non-ortho nitro benzene ring substituents is 1. The van der Waals surface area contributed by atoms with Crippen LogP contribution >= 0.6 is 11.6 Å². The summed E-state index contributed by atoms with van der Waals surface area (Å²) < 4.78 is 5.13. The molecule has 6 nitrogen and oxygen atoms in total. The third kappa shape index (κ3) is 3.35. The maximum Gasteiger partial charge on any atom is 0.271 e. The van der Waals surface area contributed by atoms with Gasteiger partial charge >= 0.3 is 0 Å². The summed E-state index contributed by atoms with van der Waals surface area (Å²) in [5.41, 5.74) is 1.25. The topological polar surface area (TPSA) is 81.5 Å². The summed E-state index contributed by atoms with van der Waals surface area (Å²) >= 11 is 5.95. The lowest BCUT2D eigenvalue weighted by Crippen LogP contribution is -2.12. The maximum atomic E-state index is 12.2. The Morgan fingerprint density at radius 3 is 2.59 bits per heavy atom. The molecule has 0 radical (unpaired) electrons. The Balaban J connectivity index is 2.27. The summed E-state index contributed by atoms with van der Waals surface area (Å²) in [6.45, 7) is 1.82. The van der Waals surface area contributed by atoms with Crippen molar-refractivity contribution in [2.45, 2.75) is 6.92 Å². The van der Waals surface area contributed by atoms with Crippen molar-refractivity contribution < 1.29 is 14.5 Å². The molecule has 1 N–H and O–H groups in total. The second kappa shape index (κ2) is 6.44. The summed E-state index contributed by atoms with van der Waals surface area (Å²) in [5.74, 6) is 0.262. The number of hydrogen-bond acceptors (Lipinski definition) is 4. The van der Waals surface area contributed by atoms with Crippen molar-refractivity contribution in [3.63, 3.8) is 0 Å². The normalized spacial score (nSPS) is 10.1. The molecule has 0 aliphatic rings. The molecule has 0 aliphatic carbocycles. The molecular formula is C15H13ClN2O4. The SMILES string of the molecule is COc1ccc(C(=O)Nc2cc([N+](=O)[O-])ccc2Cl)cc1C. The van der Waals surface area contributed by atoms with Crippen LogP contribution in [0.5, 0.6) is 5.75 Å². The number of carbonyl (C=O) groups is 1. The van der Waals surface area contributed by atoms with E-state index in [1.807, 2.05) is 6.92 Å². The Morgan fingerprint density at radius 1 is 1.27 bits per heavy atom. The van der Waals surface area contributed by atoms with Crippen molar-refractivity contribution in [2.24, 2.45) is 0 Å². The van der Waals surface area contributed by atoms with E-state index in [0.717, 1.165) is 5.56 Å². The average Bonchev–Trinajstić information content (AvgIpc) is 2.49. The van der Waals surface area contributed by atoms with Crippen LogP contribution in [0.1, 0.15) is 15.9 Å². The van der Waals surface area contributed by atoms with Crippen LogP contribution in [0, 0.1) is 17.0 Å². The maximum absolute atomic E-state index is 12.2. The number of rotatable bonds is 4. The first-order chi connectivity index (χ1) is 10.4. The van der Waals surface area contributed by atoms with E-state index in [1.165, 1.54) is 18.2 Å². The van der Waals surface area contributed by atoms with Gasteiger partial charge in [-0.15, -0.1) is 0 Å². The van der Waals surface area contributed by atoms with Crippen molar-refractivity contribution in [1.29, 1.82) is 0 Å². The number of anilines is 1. The fourth-order valence-electron chi connectivity index (χ4n) is 1.94. The fraction of sp³-hybridized carbons (Fsp3) is 0.133. The highest BCUT2D eigenvalue weighted by atomic mass is 35.5. The van der Waals surface area contributed by atoms with Crippen LogP contribution in [-0.2, 0) is 0 Å². The lowest BCUT2D eigenvalue weighted by molar-refractivity contribution is -0.384. The van der Waals surface area contributed by atoms with E-state index in [2.05, 4.69) is 5.32 Å². The Hall–Kier alpha value is -2.60. The number of benzene rings is 2. The van der Waals surface area contributed by atoms with E-state index in [9.17, 15) is 14.9 Å². The monoisotopic (exact) mass is 320 g/mol. The van der Waals surface area contributed by atoms with Gasteiger partial charge in [0.25, 0.3) is 11.6 Å². The number of nitrogens with one attached hydrogen (secondary N) is 1. The number of carbonyl (C=O) groups excluding carboxylic acids is 1. The van der Waals surface area contributed by atoms with Gasteiger partial charge in [0.05, 0.1) is 22.7 Å². The second-order valence-corrected chi connectivity index (χ2v) is 4.97. The molecule has 0 fully saturated rings. The Labute approximate surface area is 131 Å². The molecule has 7 heteroatoms. The van der Waals surface area contributed by atoms with Crippen LogP contribution in [-0.4, -0.2) is 17.9 Å². The number of halogens is 1. The van der Waals surface area contributed by atoms with E-state index in [-0.39, 0.29) is 16.4 Å². The standard InChI is InChI=1S/C15H13ClN2O4/c1-9-7-10(3-6-14(9)22-2)15(19)17-13-8-11(18(20)21)4-5-12(13)16/h3-8H,1-2H3,(H,17,19). The van der Waals surface area contributed by atoms with E-state index in [1.54, 1.807) is 25.3 Å². The molecule has 0 aliphatic heterocycles. The predicted octanol–water partition coefficient (Wildman–Crippen LogP) is 3.82. The first kappa shape index (κ1) is 15.8. The molecule has 0 spiro atoms. The van der Waals surface area contributed by atoms with Gasteiger partial charge in [-0.2, -0.15) is 0 Å². The van der Waals surface area contributed by atoms with Crippen LogP contribution in [0.3, 0.4) is 0 Å². The summed E-state index contributed by atoms with van der Waals surface area (Å²) in [6.07, 6.45) is 0. The highest BCUT2D eigenvalue weighted by Gasteiger charge is 2.14. The predicted molar refractivity (Wildman–Crippen MR) is 83.8 cm³/mol. The van der Waals surface area contributed by atoms with Crippen LogP contribution in [0.4, 0.5) is 11.4 Å². The van der Waals surface area contributed by atoms with E-state index in [4.69, 9.17) is 16.3 Å². The van der Waals surface area contributed by atoms with Crippen LogP contribution in [0.2, 0.25) is 5.02 Å². The van der Waals surface area contributed by atoms with Gasteiger partial charge in [0.2, 0.25) is 0 Å². The minimum Gasteiger partial charge on any atom is -0.496 e. The fourth-order valence-corrected chi connectivity index (χ4v) is 2.10. The Kier molecular flexibility index (Phi) is 4.62. The number of amides is 1. The van der Waals surface area contributed by atoms with E-state index >= 15 is 0 Å². The zero-order valence-corrected chi connectivity index (χ0v) is 12.7. The van der Waals surface area contributed by atoms with Crippen LogP contribution < -0.4 is 10.1 Å². The smallest absolute Gasteiger partial charge is 0.271 e.